The summed E-state index contributed by atoms with van der Waals surface area (Å²) >= 11 is 0. The van der Waals surface area contributed by atoms with Crippen molar-refractivity contribution < 1.29 is 23.8 Å². The number of nitrogens with one attached hydrogen (secondary N) is 1. The molecule has 1 amide bonds. The monoisotopic (exact) mass is 380 g/mol. The highest BCUT2D eigenvalue weighted by Crippen LogP contribution is 2.25. The Hall–Kier alpha value is -3.79. The number of methoxy groups -OCH3 is 2. The van der Waals surface area contributed by atoms with Crippen molar-refractivity contribution in [2.75, 3.05) is 19.5 Å². The number of nitrogens with zero attached hydrogens (tertiary/aromatic N) is 1. The maximum Gasteiger partial charge on any atom is 0.331 e. The Morgan fingerprint density at radius 2 is 1.82 bits per heavy atom. The van der Waals surface area contributed by atoms with Crippen molar-refractivity contribution >= 4 is 23.6 Å². The van der Waals surface area contributed by atoms with Crippen LogP contribution in [-0.4, -0.2) is 32.2 Å². The van der Waals surface area contributed by atoms with E-state index >= 15 is 0 Å². The van der Waals surface area contributed by atoms with Crippen LogP contribution in [0, 0.1) is 11.3 Å². The van der Waals surface area contributed by atoms with Gasteiger partial charge in [-0.1, -0.05) is 0 Å². The maximum atomic E-state index is 12.1. The third kappa shape index (κ3) is 5.61. The van der Waals surface area contributed by atoms with Gasteiger partial charge in [-0.15, -0.1) is 0 Å². The van der Waals surface area contributed by atoms with E-state index < -0.39 is 18.0 Å². The van der Waals surface area contributed by atoms with Crippen LogP contribution in [0.25, 0.3) is 6.08 Å². The molecule has 0 aliphatic carbocycles. The lowest BCUT2D eigenvalue weighted by Crippen LogP contribution is -2.29. The number of nitriles is 1. The standard InChI is InChI=1S/C21H20N2O5/c1-14(21(25)23-17-7-4-15(13-22)5-8-17)28-20(24)11-6-16-12-18(26-2)9-10-19(16)27-3/h4-12,14H,1-3H3,(H,23,25)/b11-6+/t14-/m0/s1. The first-order chi connectivity index (χ1) is 13.5. The van der Waals surface area contributed by atoms with Gasteiger partial charge in [-0.25, -0.2) is 4.79 Å². The van der Waals surface area contributed by atoms with Crippen molar-refractivity contribution in [2.45, 2.75) is 13.0 Å². The molecule has 2 aromatic carbocycles. The van der Waals surface area contributed by atoms with E-state index in [0.717, 1.165) is 0 Å². The molecule has 1 N–H and O–H groups in total. The molecule has 1 atom stereocenters. The van der Waals surface area contributed by atoms with Crippen molar-refractivity contribution in [1.29, 1.82) is 5.26 Å². The van der Waals surface area contributed by atoms with Gasteiger partial charge in [-0.3, -0.25) is 4.79 Å². The molecule has 144 valence electrons. The van der Waals surface area contributed by atoms with Crippen LogP contribution in [0.2, 0.25) is 0 Å². The van der Waals surface area contributed by atoms with E-state index in [2.05, 4.69) is 5.32 Å². The molecule has 0 unspecified atom stereocenters. The van der Waals surface area contributed by atoms with E-state index in [0.29, 0.717) is 28.3 Å². The van der Waals surface area contributed by atoms with Crippen LogP contribution >= 0.6 is 0 Å². The number of esters is 1. The first-order valence-electron chi connectivity index (χ1n) is 8.38. The summed E-state index contributed by atoms with van der Waals surface area (Å²) in [5, 5.41) is 11.4. The van der Waals surface area contributed by atoms with E-state index in [1.807, 2.05) is 6.07 Å². The van der Waals surface area contributed by atoms with Gasteiger partial charge in [0.05, 0.1) is 25.9 Å². The van der Waals surface area contributed by atoms with Crippen LogP contribution in [0.3, 0.4) is 0 Å². The van der Waals surface area contributed by atoms with E-state index in [1.54, 1.807) is 42.5 Å². The second kappa shape index (κ2) is 9.78. The molecule has 0 fully saturated rings. The third-order valence-corrected chi connectivity index (χ3v) is 3.78. The molecule has 7 heteroatoms. The minimum atomic E-state index is -1.00. The molecule has 2 aromatic rings. The van der Waals surface area contributed by atoms with Crippen LogP contribution in [0.5, 0.6) is 11.5 Å². The number of hydrogen-bond donors (Lipinski definition) is 1. The molecule has 7 nitrogen and oxygen atoms in total. The molecule has 2 rings (SSSR count). The average molecular weight is 380 g/mol. The zero-order chi connectivity index (χ0) is 20.5. The fraction of sp³-hybridized carbons (Fsp3) is 0.190. The topological polar surface area (TPSA) is 97.7 Å². The van der Waals surface area contributed by atoms with Crippen molar-refractivity contribution in [3.63, 3.8) is 0 Å². The Morgan fingerprint density at radius 3 is 2.43 bits per heavy atom. The molecule has 0 radical (unpaired) electrons. The smallest absolute Gasteiger partial charge is 0.331 e. The number of amides is 1. The molecular formula is C21H20N2O5. The van der Waals surface area contributed by atoms with E-state index in [-0.39, 0.29) is 0 Å². The molecule has 0 heterocycles. The molecule has 0 aliphatic rings. The minimum Gasteiger partial charge on any atom is -0.497 e. The summed E-state index contributed by atoms with van der Waals surface area (Å²) in [7, 11) is 3.06. The molecule has 28 heavy (non-hydrogen) atoms. The quantitative estimate of drug-likeness (QED) is 0.585. The van der Waals surface area contributed by atoms with E-state index in [9.17, 15) is 9.59 Å². The Labute approximate surface area is 163 Å². The normalized spacial score (nSPS) is 11.4. The number of ether oxygens (including phenoxy) is 3. The van der Waals surface area contributed by atoms with Gasteiger partial charge in [0.1, 0.15) is 11.5 Å². The van der Waals surface area contributed by atoms with Gasteiger partial charge in [0.25, 0.3) is 5.91 Å². The summed E-state index contributed by atoms with van der Waals surface area (Å²) in [6.45, 7) is 1.47. The van der Waals surface area contributed by atoms with Crippen LogP contribution in [0.1, 0.15) is 18.1 Å². The summed E-state index contributed by atoms with van der Waals surface area (Å²) in [5.74, 6) is 0.0261. The SMILES string of the molecule is COc1ccc(OC)c(/C=C/C(=O)O[C@@H](C)C(=O)Nc2ccc(C#N)cc2)c1. The molecule has 0 bridgehead atoms. The zero-order valence-corrected chi connectivity index (χ0v) is 15.8. The lowest BCUT2D eigenvalue weighted by Gasteiger charge is -2.12. The second-order valence-corrected chi connectivity index (χ2v) is 5.70. The molecule has 0 aliphatic heterocycles. The predicted octanol–water partition coefficient (Wildman–Crippen LogP) is 3.16. The van der Waals surface area contributed by atoms with E-state index in [4.69, 9.17) is 19.5 Å². The van der Waals surface area contributed by atoms with Crippen molar-refractivity contribution in [3.8, 4) is 17.6 Å². The van der Waals surface area contributed by atoms with Gasteiger partial charge in [0.15, 0.2) is 6.10 Å². The lowest BCUT2D eigenvalue weighted by atomic mass is 10.1. The van der Waals surface area contributed by atoms with Gasteiger partial charge in [0, 0.05) is 17.3 Å². The Balaban J connectivity index is 1.97. The highest BCUT2D eigenvalue weighted by Gasteiger charge is 2.16. The van der Waals surface area contributed by atoms with Gasteiger partial charge in [-0.2, -0.15) is 5.26 Å². The molecular weight excluding hydrogens is 360 g/mol. The van der Waals surface area contributed by atoms with Crippen molar-refractivity contribution in [2.24, 2.45) is 0 Å². The summed E-state index contributed by atoms with van der Waals surface area (Å²) in [5.41, 5.74) is 1.62. The van der Waals surface area contributed by atoms with Crippen molar-refractivity contribution in [3.05, 3.63) is 59.7 Å². The van der Waals surface area contributed by atoms with Gasteiger partial charge in [0.2, 0.25) is 0 Å². The van der Waals surface area contributed by atoms with Crippen molar-refractivity contribution in [1.82, 2.24) is 0 Å². The number of hydrogen-bond acceptors (Lipinski definition) is 6. The number of benzene rings is 2. The molecule has 0 saturated heterocycles. The summed E-state index contributed by atoms with van der Waals surface area (Å²) in [6.07, 6.45) is 1.73. The average Bonchev–Trinajstić information content (AvgIpc) is 2.72. The van der Waals surface area contributed by atoms with Crippen LogP contribution in [0.15, 0.2) is 48.5 Å². The summed E-state index contributed by atoms with van der Waals surface area (Å²) in [4.78, 5) is 24.2. The Morgan fingerprint density at radius 1 is 1.11 bits per heavy atom. The number of carbonyl (C=O) groups excluding carboxylic acids is 2. The second-order valence-electron chi connectivity index (χ2n) is 5.70. The van der Waals surface area contributed by atoms with Gasteiger partial charge in [-0.05, 0) is 55.5 Å². The number of rotatable bonds is 7. The minimum absolute atomic E-state index is 0.481. The third-order valence-electron chi connectivity index (χ3n) is 3.78. The number of anilines is 1. The maximum absolute atomic E-state index is 12.1. The predicted molar refractivity (Wildman–Crippen MR) is 104 cm³/mol. The molecule has 0 saturated carbocycles. The fourth-order valence-corrected chi connectivity index (χ4v) is 2.27. The summed E-state index contributed by atoms with van der Waals surface area (Å²) in [6, 6.07) is 13.5. The highest BCUT2D eigenvalue weighted by atomic mass is 16.5. The molecule has 0 spiro atoms. The zero-order valence-electron chi connectivity index (χ0n) is 15.8. The lowest BCUT2D eigenvalue weighted by molar-refractivity contribution is -0.148. The van der Waals surface area contributed by atoms with E-state index in [1.165, 1.54) is 33.3 Å². The molecule has 0 aromatic heterocycles. The highest BCUT2D eigenvalue weighted by molar-refractivity contribution is 5.96. The van der Waals surface area contributed by atoms with Gasteiger partial charge < -0.3 is 19.5 Å². The summed E-state index contributed by atoms with van der Waals surface area (Å²) < 4.78 is 15.5. The van der Waals surface area contributed by atoms with Crippen LogP contribution < -0.4 is 14.8 Å². The Kier molecular flexibility index (Phi) is 7.17. The van der Waals surface area contributed by atoms with Crippen LogP contribution in [0.4, 0.5) is 5.69 Å². The van der Waals surface area contributed by atoms with Crippen LogP contribution in [-0.2, 0) is 14.3 Å². The fourth-order valence-electron chi connectivity index (χ4n) is 2.27. The van der Waals surface area contributed by atoms with Gasteiger partial charge >= 0.3 is 5.97 Å². The first-order valence-corrected chi connectivity index (χ1v) is 8.38. The largest absolute Gasteiger partial charge is 0.497 e. The first kappa shape index (κ1) is 20.5. The number of carbonyl (C=O) groups is 2. The Bertz CT molecular complexity index is 913.